The molecule has 1 fully saturated rings. The lowest BCUT2D eigenvalue weighted by atomic mass is 9.95. The molecule has 0 aromatic carbocycles. The van der Waals surface area contributed by atoms with Crippen molar-refractivity contribution in [3.8, 4) is 12.3 Å². The summed E-state index contributed by atoms with van der Waals surface area (Å²) in [5.41, 5.74) is 0. The third kappa shape index (κ3) is 4.80. The first-order valence-corrected chi connectivity index (χ1v) is 6.90. The van der Waals surface area contributed by atoms with Crippen LogP contribution < -0.4 is 10.6 Å². The lowest BCUT2D eigenvalue weighted by Gasteiger charge is -2.29. The van der Waals surface area contributed by atoms with Crippen LogP contribution in [0.5, 0.6) is 0 Å². The predicted molar refractivity (Wildman–Crippen MR) is 69.5 cm³/mol. The van der Waals surface area contributed by atoms with Crippen molar-refractivity contribution in [3.05, 3.63) is 0 Å². The number of carbonyl (C=O) groups is 1. The van der Waals surface area contributed by atoms with Crippen molar-refractivity contribution >= 4 is 17.8 Å². The van der Waals surface area contributed by atoms with Crippen LogP contribution in [0, 0.1) is 12.3 Å². The fourth-order valence-electron chi connectivity index (χ4n) is 2.03. The van der Waals surface area contributed by atoms with Crippen LogP contribution in [-0.4, -0.2) is 29.6 Å². The van der Waals surface area contributed by atoms with E-state index < -0.39 is 0 Å². The highest BCUT2D eigenvalue weighted by Gasteiger charge is 2.22. The van der Waals surface area contributed by atoms with Gasteiger partial charge in [-0.25, -0.2) is 4.79 Å². The fraction of sp³-hybridized carbons (Fsp3) is 0.750. The zero-order chi connectivity index (χ0) is 11.8. The van der Waals surface area contributed by atoms with Crippen molar-refractivity contribution in [1.82, 2.24) is 10.6 Å². The van der Waals surface area contributed by atoms with Gasteiger partial charge in [0.1, 0.15) is 0 Å². The van der Waals surface area contributed by atoms with Crippen molar-refractivity contribution in [3.63, 3.8) is 0 Å². The SMILES string of the molecule is C#CCNC(=O)N[C@@H]1CCC[C@@H](SCC)C1. The second-order valence-electron chi connectivity index (χ2n) is 3.97. The number of carbonyl (C=O) groups excluding carboxylic acids is 1. The minimum absolute atomic E-state index is 0.134. The van der Waals surface area contributed by atoms with Crippen LogP contribution in [0.25, 0.3) is 0 Å². The molecule has 0 spiro atoms. The summed E-state index contributed by atoms with van der Waals surface area (Å²) in [7, 11) is 0. The summed E-state index contributed by atoms with van der Waals surface area (Å²) in [4.78, 5) is 11.4. The molecule has 0 saturated heterocycles. The van der Waals surface area contributed by atoms with Crippen LogP contribution in [0.15, 0.2) is 0 Å². The van der Waals surface area contributed by atoms with Crippen molar-refractivity contribution in [2.24, 2.45) is 0 Å². The van der Waals surface area contributed by atoms with Gasteiger partial charge in [0.15, 0.2) is 0 Å². The number of hydrogen-bond acceptors (Lipinski definition) is 2. The Labute approximate surface area is 102 Å². The predicted octanol–water partition coefficient (Wildman–Crippen LogP) is 1.98. The molecule has 1 aliphatic carbocycles. The topological polar surface area (TPSA) is 41.1 Å². The van der Waals surface area contributed by atoms with Crippen molar-refractivity contribution in [2.75, 3.05) is 12.3 Å². The molecule has 1 aliphatic rings. The molecule has 0 unspecified atom stereocenters. The first-order valence-electron chi connectivity index (χ1n) is 5.85. The summed E-state index contributed by atoms with van der Waals surface area (Å²) in [5, 5.41) is 6.32. The van der Waals surface area contributed by atoms with E-state index in [1.807, 2.05) is 11.8 Å². The number of nitrogens with one attached hydrogen (secondary N) is 2. The molecule has 2 atom stereocenters. The third-order valence-corrected chi connectivity index (χ3v) is 3.95. The molecule has 0 bridgehead atoms. The Balaban J connectivity index is 2.26. The minimum atomic E-state index is -0.134. The van der Waals surface area contributed by atoms with Crippen LogP contribution in [0.4, 0.5) is 4.79 Å². The highest BCUT2D eigenvalue weighted by Crippen LogP contribution is 2.28. The molecule has 0 aromatic heterocycles. The van der Waals surface area contributed by atoms with Crippen molar-refractivity contribution in [1.29, 1.82) is 0 Å². The van der Waals surface area contributed by atoms with Gasteiger partial charge in [-0.1, -0.05) is 19.3 Å². The van der Waals surface area contributed by atoms with E-state index in [-0.39, 0.29) is 6.03 Å². The molecule has 4 heteroatoms. The number of hydrogen-bond donors (Lipinski definition) is 2. The van der Waals surface area contributed by atoms with E-state index in [1.54, 1.807) is 0 Å². The molecular formula is C12H20N2OS. The van der Waals surface area contributed by atoms with Gasteiger partial charge in [0.2, 0.25) is 0 Å². The molecule has 2 amide bonds. The molecule has 16 heavy (non-hydrogen) atoms. The van der Waals surface area contributed by atoms with Gasteiger partial charge in [0.25, 0.3) is 0 Å². The van der Waals surface area contributed by atoms with Crippen LogP contribution in [-0.2, 0) is 0 Å². The molecule has 2 N–H and O–H groups in total. The Hall–Kier alpha value is -0.820. The summed E-state index contributed by atoms with van der Waals surface area (Å²) in [5.74, 6) is 3.54. The fourth-order valence-corrected chi connectivity index (χ4v) is 3.20. The molecule has 1 saturated carbocycles. The molecular weight excluding hydrogens is 220 g/mol. The van der Waals surface area contributed by atoms with Crippen molar-refractivity contribution < 1.29 is 4.79 Å². The molecule has 0 radical (unpaired) electrons. The summed E-state index contributed by atoms with van der Waals surface area (Å²) in [6.07, 6.45) is 9.74. The summed E-state index contributed by atoms with van der Waals surface area (Å²) < 4.78 is 0. The monoisotopic (exact) mass is 240 g/mol. The average Bonchev–Trinajstić information content (AvgIpc) is 2.27. The summed E-state index contributed by atoms with van der Waals surface area (Å²) in [6, 6.07) is 0.181. The van der Waals surface area contributed by atoms with E-state index in [0.29, 0.717) is 17.8 Å². The number of rotatable bonds is 4. The highest BCUT2D eigenvalue weighted by molar-refractivity contribution is 7.99. The molecule has 0 heterocycles. The maximum atomic E-state index is 11.4. The molecule has 1 rings (SSSR count). The van der Waals surface area contributed by atoms with E-state index in [4.69, 9.17) is 6.42 Å². The summed E-state index contributed by atoms with van der Waals surface area (Å²) in [6.45, 7) is 2.48. The van der Waals surface area contributed by atoms with E-state index in [9.17, 15) is 4.79 Å². The van der Waals surface area contributed by atoms with Crippen molar-refractivity contribution in [2.45, 2.75) is 43.9 Å². The van der Waals surface area contributed by atoms with Gasteiger partial charge in [0, 0.05) is 11.3 Å². The second-order valence-corrected chi connectivity index (χ2v) is 5.55. The van der Waals surface area contributed by atoms with E-state index in [0.717, 1.165) is 18.6 Å². The smallest absolute Gasteiger partial charge is 0.315 e. The normalized spacial score (nSPS) is 24.5. The van der Waals surface area contributed by atoms with Gasteiger partial charge in [-0.15, -0.1) is 6.42 Å². The Morgan fingerprint density at radius 1 is 1.56 bits per heavy atom. The standard InChI is InChI=1S/C12H20N2OS/c1-3-8-13-12(15)14-10-6-5-7-11(9-10)16-4-2/h1,10-11H,4-9H2,2H3,(H2,13,14,15)/t10-,11-/m1/s1. The zero-order valence-corrected chi connectivity index (χ0v) is 10.6. The van der Waals surface area contributed by atoms with Crippen LogP contribution >= 0.6 is 11.8 Å². The zero-order valence-electron chi connectivity index (χ0n) is 9.79. The Morgan fingerprint density at radius 2 is 2.38 bits per heavy atom. The highest BCUT2D eigenvalue weighted by atomic mass is 32.2. The van der Waals surface area contributed by atoms with Crippen LogP contribution in [0.1, 0.15) is 32.6 Å². The van der Waals surface area contributed by atoms with Gasteiger partial charge in [0.05, 0.1) is 6.54 Å². The van der Waals surface area contributed by atoms with E-state index in [1.165, 1.54) is 12.8 Å². The molecule has 3 nitrogen and oxygen atoms in total. The Morgan fingerprint density at radius 3 is 3.06 bits per heavy atom. The average molecular weight is 240 g/mol. The van der Waals surface area contributed by atoms with E-state index in [2.05, 4.69) is 23.5 Å². The maximum Gasteiger partial charge on any atom is 0.315 e. The number of urea groups is 1. The first kappa shape index (κ1) is 13.2. The second kappa shape index (κ2) is 7.45. The third-order valence-electron chi connectivity index (χ3n) is 2.71. The Bertz CT molecular complexity index is 260. The minimum Gasteiger partial charge on any atom is -0.335 e. The molecule has 0 aromatic rings. The van der Waals surface area contributed by atoms with Gasteiger partial charge < -0.3 is 10.6 Å². The van der Waals surface area contributed by atoms with Gasteiger partial charge >= 0.3 is 6.03 Å². The quantitative estimate of drug-likeness (QED) is 0.738. The number of terminal acetylenes is 1. The number of thioether (sulfide) groups is 1. The molecule has 0 aliphatic heterocycles. The lowest BCUT2D eigenvalue weighted by Crippen LogP contribution is -2.44. The van der Waals surface area contributed by atoms with E-state index >= 15 is 0 Å². The van der Waals surface area contributed by atoms with Gasteiger partial charge in [-0.05, 0) is 25.0 Å². The van der Waals surface area contributed by atoms with Gasteiger partial charge in [-0.3, -0.25) is 0 Å². The summed E-state index contributed by atoms with van der Waals surface area (Å²) >= 11 is 2.00. The first-order chi connectivity index (χ1) is 7.76. The molecule has 90 valence electrons. The van der Waals surface area contributed by atoms with Crippen LogP contribution in [0.2, 0.25) is 0 Å². The largest absolute Gasteiger partial charge is 0.335 e. The lowest BCUT2D eigenvalue weighted by molar-refractivity contribution is 0.234. The Kier molecular flexibility index (Phi) is 6.17. The van der Waals surface area contributed by atoms with Gasteiger partial charge in [-0.2, -0.15) is 11.8 Å². The maximum absolute atomic E-state index is 11.4. The number of amides is 2. The van der Waals surface area contributed by atoms with Crippen LogP contribution in [0.3, 0.4) is 0 Å².